The summed E-state index contributed by atoms with van der Waals surface area (Å²) in [6.07, 6.45) is 5.64. The number of ether oxygens (including phenoxy) is 2. The second kappa shape index (κ2) is 17.8. The molecule has 45 heavy (non-hydrogen) atoms. The van der Waals surface area contributed by atoms with E-state index in [0.717, 1.165) is 44.9 Å². The summed E-state index contributed by atoms with van der Waals surface area (Å²) in [6.45, 7) is 1.26. The molecule has 244 valence electrons. The summed E-state index contributed by atoms with van der Waals surface area (Å²) in [7, 11) is 1.22. The zero-order valence-electron chi connectivity index (χ0n) is 25.9. The molecule has 3 atom stereocenters. The molecule has 10 nitrogen and oxygen atoms in total. The number of rotatable bonds is 13. The molecule has 1 heterocycles. The van der Waals surface area contributed by atoms with Crippen LogP contribution in [-0.2, 0) is 35.3 Å². The van der Waals surface area contributed by atoms with Crippen LogP contribution < -0.4 is 10.8 Å². The topological polar surface area (TPSA) is 123 Å². The van der Waals surface area contributed by atoms with Crippen molar-refractivity contribution >= 4 is 35.5 Å². The molecule has 1 aliphatic heterocycles. The minimum Gasteiger partial charge on any atom is -0.467 e. The number of amides is 3. The molecule has 2 N–H and O–H groups in total. The number of hydroxylamine groups is 1. The Kier molecular flexibility index (Phi) is 13.5. The van der Waals surface area contributed by atoms with Gasteiger partial charge in [-0.15, -0.1) is 0 Å². The predicted molar refractivity (Wildman–Crippen MR) is 169 cm³/mol. The number of halogens is 1. The summed E-state index contributed by atoms with van der Waals surface area (Å²) in [6, 6.07) is 16.2. The van der Waals surface area contributed by atoms with Gasteiger partial charge in [0.05, 0.1) is 7.11 Å². The summed E-state index contributed by atoms with van der Waals surface area (Å²) in [5.41, 5.74) is 4.27. The van der Waals surface area contributed by atoms with Crippen LogP contribution in [0, 0.1) is 5.92 Å². The van der Waals surface area contributed by atoms with Crippen molar-refractivity contribution in [3.63, 3.8) is 0 Å². The lowest BCUT2D eigenvalue weighted by molar-refractivity contribution is -0.165. The lowest BCUT2D eigenvalue weighted by atomic mass is 9.84. The fourth-order valence-corrected chi connectivity index (χ4v) is 6.33. The van der Waals surface area contributed by atoms with E-state index in [2.05, 4.69) is 22.9 Å². The Bertz CT molecular complexity index is 1270. The van der Waals surface area contributed by atoms with Crippen molar-refractivity contribution in [2.45, 2.75) is 88.9 Å². The lowest BCUT2D eigenvalue weighted by Gasteiger charge is -2.33. The van der Waals surface area contributed by atoms with Gasteiger partial charge >= 0.3 is 12.1 Å². The van der Waals surface area contributed by atoms with Gasteiger partial charge in [0.25, 0.3) is 5.91 Å². The highest BCUT2D eigenvalue weighted by atomic mass is 35.5. The molecule has 2 aromatic carbocycles. The Hall–Kier alpha value is -3.63. The largest absolute Gasteiger partial charge is 0.467 e. The summed E-state index contributed by atoms with van der Waals surface area (Å²) >= 11 is 6.02. The smallest absolute Gasteiger partial charge is 0.408 e. The van der Waals surface area contributed by atoms with Gasteiger partial charge in [-0.3, -0.25) is 14.4 Å². The molecule has 2 aliphatic rings. The second-order valence-corrected chi connectivity index (χ2v) is 12.3. The molecule has 3 amide bonds. The zero-order valence-corrected chi connectivity index (χ0v) is 26.6. The number of carbonyl (C=O) groups excluding carboxylic acids is 4. The van der Waals surface area contributed by atoms with Crippen LogP contribution in [0.4, 0.5) is 4.79 Å². The van der Waals surface area contributed by atoms with Gasteiger partial charge in [0.15, 0.2) is 6.10 Å². The first-order chi connectivity index (χ1) is 21.8. The number of piperidine rings is 1. The van der Waals surface area contributed by atoms with Crippen molar-refractivity contribution in [2.75, 3.05) is 20.2 Å². The van der Waals surface area contributed by atoms with E-state index in [9.17, 15) is 19.2 Å². The van der Waals surface area contributed by atoms with Crippen LogP contribution in [0.2, 0.25) is 5.02 Å². The number of hydrogen-bond donors (Lipinski definition) is 2. The highest BCUT2D eigenvalue weighted by Crippen LogP contribution is 2.28. The van der Waals surface area contributed by atoms with Crippen LogP contribution in [0.3, 0.4) is 0 Å². The van der Waals surface area contributed by atoms with Gasteiger partial charge in [0.2, 0.25) is 5.91 Å². The van der Waals surface area contributed by atoms with Crippen LogP contribution in [-0.4, -0.2) is 61.1 Å². The Morgan fingerprint density at radius 2 is 1.76 bits per heavy atom. The zero-order chi connectivity index (χ0) is 32.0. The van der Waals surface area contributed by atoms with Crippen molar-refractivity contribution in [1.29, 1.82) is 0 Å². The lowest BCUT2D eigenvalue weighted by Crippen LogP contribution is -2.49. The molecule has 1 saturated heterocycles. The van der Waals surface area contributed by atoms with Crippen molar-refractivity contribution in [3.05, 3.63) is 70.7 Å². The molecule has 0 spiro atoms. The first-order valence-corrected chi connectivity index (χ1v) is 16.2. The third-order valence-electron chi connectivity index (χ3n) is 8.59. The highest BCUT2D eigenvalue weighted by molar-refractivity contribution is 6.30. The molecule has 2 fully saturated rings. The molecular formula is C34H44ClN3O7. The molecule has 0 bridgehead atoms. The van der Waals surface area contributed by atoms with Gasteiger partial charge in [-0.05, 0) is 54.9 Å². The number of hydrogen-bond acceptors (Lipinski definition) is 7. The minimum atomic E-state index is -1.19. The van der Waals surface area contributed by atoms with E-state index in [0.29, 0.717) is 30.1 Å². The number of esters is 1. The normalized spacial score (nSPS) is 18.4. The van der Waals surface area contributed by atoms with Gasteiger partial charge in [-0.2, -0.15) is 0 Å². The van der Waals surface area contributed by atoms with Crippen LogP contribution >= 0.6 is 11.6 Å². The van der Waals surface area contributed by atoms with Gasteiger partial charge in [0.1, 0.15) is 12.6 Å². The Morgan fingerprint density at radius 3 is 2.49 bits per heavy atom. The van der Waals surface area contributed by atoms with Crippen molar-refractivity contribution in [2.24, 2.45) is 5.92 Å². The van der Waals surface area contributed by atoms with E-state index in [1.807, 2.05) is 23.1 Å². The third kappa shape index (κ3) is 11.0. The number of benzene rings is 2. The number of carbonyl (C=O) groups is 4. The SMILES string of the molecule is COC(=O)C(CCC(=O)N1CCCC(c2ccccc2)C1)ONC(=O)[C@H](CC1CCCCC1)NC(=O)OCc1cccc(Cl)c1. The predicted octanol–water partition coefficient (Wildman–Crippen LogP) is 5.68. The van der Waals surface area contributed by atoms with Gasteiger partial charge < -0.3 is 19.7 Å². The monoisotopic (exact) mass is 641 g/mol. The number of methoxy groups -OCH3 is 1. The average molecular weight is 642 g/mol. The van der Waals surface area contributed by atoms with E-state index < -0.39 is 30.1 Å². The van der Waals surface area contributed by atoms with E-state index in [4.69, 9.17) is 25.9 Å². The third-order valence-corrected chi connectivity index (χ3v) is 8.83. The van der Waals surface area contributed by atoms with Crippen molar-refractivity contribution < 1.29 is 33.5 Å². The van der Waals surface area contributed by atoms with Gasteiger partial charge in [-0.1, -0.05) is 86.2 Å². The van der Waals surface area contributed by atoms with Crippen molar-refractivity contribution in [3.8, 4) is 0 Å². The first-order valence-electron chi connectivity index (χ1n) is 15.9. The fraction of sp³-hybridized carbons (Fsp3) is 0.529. The maximum absolute atomic E-state index is 13.3. The van der Waals surface area contributed by atoms with Crippen LogP contribution in [0.5, 0.6) is 0 Å². The van der Waals surface area contributed by atoms with Crippen LogP contribution in [0.1, 0.15) is 81.3 Å². The maximum atomic E-state index is 13.3. The summed E-state index contributed by atoms with van der Waals surface area (Å²) < 4.78 is 10.2. The standard InChI is InChI=1S/C34H44ClN3O7/c1-43-33(41)30(17-18-31(39)38-19-9-15-27(22-38)26-13-6-3-7-14-26)45-37-32(40)29(21-24-10-4-2-5-11-24)36-34(42)44-23-25-12-8-16-28(35)20-25/h3,6-8,12-14,16,20,24,27,29-30H,2,4-5,9-11,15,17-19,21-23H2,1H3,(H,36,42)(H,37,40)/t27?,29-,30?/m0/s1. The van der Waals surface area contributed by atoms with Crippen molar-refractivity contribution in [1.82, 2.24) is 15.7 Å². The second-order valence-electron chi connectivity index (χ2n) is 11.9. The Balaban J connectivity index is 1.31. The quantitative estimate of drug-likeness (QED) is 0.213. The Morgan fingerprint density at radius 1 is 0.978 bits per heavy atom. The number of likely N-dealkylation sites (tertiary alicyclic amines) is 1. The molecule has 0 radical (unpaired) electrons. The molecular weight excluding hydrogens is 598 g/mol. The highest BCUT2D eigenvalue weighted by Gasteiger charge is 2.30. The van der Waals surface area contributed by atoms with Gasteiger partial charge in [0, 0.05) is 30.5 Å². The van der Waals surface area contributed by atoms with Crippen LogP contribution in [0.25, 0.3) is 0 Å². The van der Waals surface area contributed by atoms with Gasteiger partial charge in [-0.25, -0.2) is 15.1 Å². The fourth-order valence-electron chi connectivity index (χ4n) is 6.12. The minimum absolute atomic E-state index is 0.0117. The first kappa shape index (κ1) is 34.2. The molecule has 4 rings (SSSR count). The number of alkyl carbamates (subject to hydrolysis) is 1. The molecule has 0 aromatic heterocycles. The van der Waals surface area contributed by atoms with E-state index in [1.165, 1.54) is 12.7 Å². The number of nitrogens with one attached hydrogen (secondary N) is 2. The molecule has 2 unspecified atom stereocenters. The average Bonchev–Trinajstić information content (AvgIpc) is 3.07. The summed E-state index contributed by atoms with van der Waals surface area (Å²) in [4.78, 5) is 59.0. The molecule has 2 aromatic rings. The summed E-state index contributed by atoms with van der Waals surface area (Å²) in [5.74, 6) is -0.884. The maximum Gasteiger partial charge on any atom is 0.408 e. The summed E-state index contributed by atoms with van der Waals surface area (Å²) in [5, 5.41) is 3.19. The van der Waals surface area contributed by atoms with E-state index >= 15 is 0 Å². The van der Waals surface area contributed by atoms with Crippen LogP contribution in [0.15, 0.2) is 54.6 Å². The van der Waals surface area contributed by atoms with E-state index in [-0.39, 0.29) is 37.2 Å². The molecule has 1 saturated carbocycles. The van der Waals surface area contributed by atoms with E-state index in [1.54, 1.807) is 24.3 Å². The Labute approximate surface area is 270 Å². The molecule has 11 heteroatoms. The molecule has 1 aliphatic carbocycles. The number of nitrogens with zero attached hydrogens (tertiary/aromatic N) is 1.